The lowest BCUT2D eigenvalue weighted by Crippen LogP contribution is -2.28. The molecule has 4 heteroatoms. The third kappa shape index (κ3) is 1.20. The zero-order valence-electron chi connectivity index (χ0n) is 6.73. The molecule has 0 aromatic heterocycles. The molecule has 0 bridgehead atoms. The predicted octanol–water partition coefficient (Wildman–Crippen LogP) is 0.605. The second-order valence-electron chi connectivity index (χ2n) is 2.54. The lowest BCUT2D eigenvalue weighted by molar-refractivity contribution is -0.576. The van der Waals surface area contributed by atoms with E-state index in [4.69, 9.17) is 0 Å². The van der Waals surface area contributed by atoms with Crippen LogP contribution in [0.3, 0.4) is 0 Å². The summed E-state index contributed by atoms with van der Waals surface area (Å²) in [5.41, 5.74) is 4.03. The fraction of sp³-hybridized carbons (Fsp3) is 0.250. The third-order valence-corrected chi connectivity index (χ3v) is 1.64. The van der Waals surface area contributed by atoms with Crippen LogP contribution in [0, 0.1) is 0 Å². The van der Waals surface area contributed by atoms with Crippen molar-refractivity contribution < 1.29 is 4.81 Å². The first-order valence-corrected chi connectivity index (χ1v) is 3.72. The molecule has 2 heterocycles. The van der Waals surface area contributed by atoms with E-state index in [2.05, 4.69) is 21.3 Å². The summed E-state index contributed by atoms with van der Waals surface area (Å²) in [7, 11) is 1.80. The molecular formula is C8H9N4+. The molecule has 12 heavy (non-hydrogen) atoms. The van der Waals surface area contributed by atoms with Crippen LogP contribution in [0.5, 0.6) is 0 Å². The van der Waals surface area contributed by atoms with Gasteiger partial charge in [-0.3, -0.25) is 0 Å². The van der Waals surface area contributed by atoms with Gasteiger partial charge in [0.1, 0.15) is 6.21 Å². The van der Waals surface area contributed by atoms with Gasteiger partial charge in [-0.25, -0.2) is 0 Å². The van der Waals surface area contributed by atoms with Gasteiger partial charge in [-0.2, -0.15) is 0 Å². The molecule has 0 saturated heterocycles. The fourth-order valence-electron chi connectivity index (χ4n) is 1.05. The van der Waals surface area contributed by atoms with Crippen molar-refractivity contribution in [3.63, 3.8) is 0 Å². The molecule has 2 aliphatic heterocycles. The molecule has 0 amide bonds. The van der Waals surface area contributed by atoms with Gasteiger partial charge in [0.05, 0.1) is 5.57 Å². The number of nitrogens with zero attached hydrogens (tertiary/aromatic N) is 3. The van der Waals surface area contributed by atoms with E-state index in [0.29, 0.717) is 0 Å². The Hall–Kier alpha value is -1.67. The van der Waals surface area contributed by atoms with Crippen molar-refractivity contribution in [2.75, 3.05) is 7.05 Å². The van der Waals surface area contributed by atoms with Gasteiger partial charge in [0, 0.05) is 15.0 Å². The largest absolute Gasteiger partial charge is 0.361 e. The Morgan fingerprint density at radius 3 is 3.50 bits per heavy atom. The lowest BCUT2D eigenvalue weighted by Gasteiger charge is -2.08. The van der Waals surface area contributed by atoms with Gasteiger partial charge in [0.2, 0.25) is 6.17 Å². The summed E-state index contributed by atoms with van der Waals surface area (Å²) in [4.78, 5) is 1.54. The Morgan fingerprint density at radius 2 is 2.58 bits per heavy atom. The quantitative estimate of drug-likeness (QED) is 0.410. The zero-order chi connectivity index (χ0) is 8.39. The van der Waals surface area contributed by atoms with Crippen LogP contribution in [0.25, 0.3) is 0 Å². The highest BCUT2D eigenvalue weighted by atomic mass is 15.5. The second kappa shape index (κ2) is 2.75. The Bertz CT molecular complexity index is 342. The van der Waals surface area contributed by atoms with Crippen molar-refractivity contribution in [1.29, 1.82) is 0 Å². The maximum Gasteiger partial charge on any atom is 0.219 e. The van der Waals surface area contributed by atoms with E-state index in [1.165, 1.54) is 0 Å². The van der Waals surface area contributed by atoms with Crippen LogP contribution in [0.4, 0.5) is 0 Å². The van der Waals surface area contributed by atoms with Crippen LogP contribution < -0.4 is 5.32 Å². The van der Waals surface area contributed by atoms with Gasteiger partial charge >= 0.3 is 0 Å². The fourth-order valence-corrected chi connectivity index (χ4v) is 1.05. The molecule has 0 radical (unpaired) electrons. The predicted molar refractivity (Wildman–Crippen MR) is 44.8 cm³/mol. The summed E-state index contributed by atoms with van der Waals surface area (Å²) in [5.74, 6) is 0. The number of hydrogen-bond acceptors (Lipinski definition) is 3. The average Bonchev–Trinajstić information content (AvgIpc) is 2.28. The normalized spacial score (nSPS) is 25.2. The van der Waals surface area contributed by atoms with Crippen molar-refractivity contribution in [3.8, 4) is 0 Å². The monoisotopic (exact) mass is 161 g/mol. The molecule has 0 aromatic carbocycles. The summed E-state index contributed by atoms with van der Waals surface area (Å²) in [6, 6.07) is 0. The Labute approximate surface area is 70.3 Å². The Balaban J connectivity index is 2.42. The number of allylic oxidation sites excluding steroid dienone is 1. The molecule has 2 rings (SSSR count). The van der Waals surface area contributed by atoms with Gasteiger partial charge in [-0.15, -0.1) is 5.73 Å². The number of hydrogen-bond donors (Lipinski definition) is 1. The minimum Gasteiger partial charge on any atom is -0.361 e. The molecule has 4 nitrogen and oxygen atoms in total. The van der Waals surface area contributed by atoms with Gasteiger partial charge in [0.25, 0.3) is 0 Å². The zero-order valence-corrected chi connectivity index (χ0v) is 6.73. The van der Waals surface area contributed by atoms with Gasteiger partial charge in [0.15, 0.2) is 7.05 Å². The average molecular weight is 161 g/mol. The molecule has 0 aromatic rings. The van der Waals surface area contributed by atoms with Crippen molar-refractivity contribution in [1.82, 2.24) is 5.32 Å². The SMILES string of the molecule is C[N+]1=NC2NC=CC=C=C2C=N1. The second-order valence-corrected chi connectivity index (χ2v) is 2.54. The van der Waals surface area contributed by atoms with Gasteiger partial charge in [-0.05, 0) is 18.4 Å². The summed E-state index contributed by atoms with van der Waals surface area (Å²) >= 11 is 0. The van der Waals surface area contributed by atoms with Gasteiger partial charge in [-0.1, -0.05) is 0 Å². The molecule has 60 valence electrons. The highest BCUT2D eigenvalue weighted by Crippen LogP contribution is 2.06. The molecule has 0 saturated carbocycles. The Kier molecular flexibility index (Phi) is 1.61. The van der Waals surface area contributed by atoms with E-state index in [1.807, 2.05) is 18.4 Å². The number of nitrogens with one attached hydrogen (secondary N) is 1. The molecule has 2 aliphatic rings. The molecule has 1 N–H and O–H groups in total. The van der Waals surface area contributed by atoms with E-state index in [-0.39, 0.29) is 6.17 Å². The molecule has 0 aliphatic carbocycles. The highest BCUT2D eigenvalue weighted by molar-refractivity contribution is 5.79. The number of hydrazone groups is 1. The van der Waals surface area contributed by atoms with E-state index in [1.54, 1.807) is 18.1 Å². The molecule has 1 unspecified atom stereocenters. The number of rotatable bonds is 0. The smallest absolute Gasteiger partial charge is 0.219 e. The highest BCUT2D eigenvalue weighted by Gasteiger charge is 2.19. The van der Waals surface area contributed by atoms with Crippen molar-refractivity contribution in [2.45, 2.75) is 6.17 Å². The molecule has 0 fully saturated rings. The first-order chi connectivity index (χ1) is 5.86. The topological polar surface area (TPSA) is 39.8 Å². The first kappa shape index (κ1) is 7.00. The van der Waals surface area contributed by atoms with Crippen LogP contribution in [0.15, 0.2) is 39.9 Å². The van der Waals surface area contributed by atoms with Crippen molar-refractivity contribution in [3.05, 3.63) is 29.7 Å². The van der Waals surface area contributed by atoms with Crippen LogP contribution in [0.1, 0.15) is 0 Å². The summed E-state index contributed by atoms with van der Waals surface area (Å²) in [5, 5.41) is 11.3. The van der Waals surface area contributed by atoms with Gasteiger partial charge < -0.3 is 5.32 Å². The maximum absolute atomic E-state index is 4.22. The van der Waals surface area contributed by atoms with E-state index >= 15 is 0 Å². The van der Waals surface area contributed by atoms with Crippen molar-refractivity contribution >= 4 is 6.21 Å². The Morgan fingerprint density at radius 1 is 1.67 bits per heavy atom. The molecular weight excluding hydrogens is 152 g/mol. The van der Waals surface area contributed by atoms with E-state index in [0.717, 1.165) is 5.57 Å². The summed E-state index contributed by atoms with van der Waals surface area (Å²) in [6.45, 7) is 0. The molecule has 0 spiro atoms. The number of fused-ring (bicyclic) bond motifs is 1. The van der Waals surface area contributed by atoms with E-state index < -0.39 is 0 Å². The third-order valence-electron chi connectivity index (χ3n) is 1.64. The van der Waals surface area contributed by atoms with Crippen LogP contribution in [-0.4, -0.2) is 24.2 Å². The van der Waals surface area contributed by atoms with Crippen LogP contribution in [-0.2, 0) is 0 Å². The summed E-state index contributed by atoms with van der Waals surface area (Å²) < 4.78 is 0. The minimum atomic E-state index is -0.0394. The first-order valence-electron chi connectivity index (χ1n) is 3.72. The standard InChI is InChI=1S/C8H9N4/c1-12-10-6-7-4-2-3-5-9-8(7)11-12/h2-3,5-6,8-9H,1H3/q+1. The van der Waals surface area contributed by atoms with E-state index in [9.17, 15) is 0 Å². The summed E-state index contributed by atoms with van der Waals surface area (Å²) in [6.07, 6.45) is 7.29. The number of azo groups is 1. The maximum atomic E-state index is 4.22. The van der Waals surface area contributed by atoms with Crippen LogP contribution in [0.2, 0.25) is 0 Å². The lowest BCUT2D eigenvalue weighted by atomic mass is 10.2. The van der Waals surface area contributed by atoms with Crippen molar-refractivity contribution in [2.24, 2.45) is 10.2 Å². The molecule has 1 atom stereocenters. The minimum absolute atomic E-state index is 0.0394. The van der Waals surface area contributed by atoms with Crippen LogP contribution >= 0.6 is 0 Å².